The van der Waals surface area contributed by atoms with Crippen LogP contribution in [-0.4, -0.2) is 35.6 Å². The van der Waals surface area contributed by atoms with E-state index in [9.17, 15) is 4.79 Å². The SMILES string of the molecule is Cc1ccc(OC(=O)N2CCSCC2)cc1. The lowest BCUT2D eigenvalue weighted by Gasteiger charge is -2.25. The Bertz CT molecular complexity index is 358. The summed E-state index contributed by atoms with van der Waals surface area (Å²) in [6.07, 6.45) is -0.232. The third-order valence-corrected chi connectivity index (χ3v) is 3.44. The fraction of sp³-hybridized carbons (Fsp3) is 0.417. The molecule has 0 saturated carbocycles. The van der Waals surface area contributed by atoms with Gasteiger partial charge in [0.05, 0.1) is 0 Å². The van der Waals surface area contributed by atoms with E-state index >= 15 is 0 Å². The maximum atomic E-state index is 11.7. The Morgan fingerprint density at radius 3 is 2.50 bits per heavy atom. The zero-order valence-electron chi connectivity index (χ0n) is 9.31. The second-order valence-corrected chi connectivity index (χ2v) is 5.01. The summed E-state index contributed by atoms with van der Waals surface area (Å²) < 4.78 is 5.29. The van der Waals surface area contributed by atoms with Crippen molar-refractivity contribution in [2.45, 2.75) is 6.92 Å². The molecule has 1 heterocycles. The Morgan fingerprint density at radius 1 is 1.25 bits per heavy atom. The summed E-state index contributed by atoms with van der Waals surface area (Å²) in [6, 6.07) is 7.53. The molecule has 2 rings (SSSR count). The molecule has 0 aliphatic carbocycles. The summed E-state index contributed by atoms with van der Waals surface area (Å²) in [7, 11) is 0. The molecular weight excluding hydrogens is 222 g/mol. The van der Waals surface area contributed by atoms with Crippen LogP contribution in [0.15, 0.2) is 24.3 Å². The first-order valence-corrected chi connectivity index (χ1v) is 6.52. The minimum atomic E-state index is -0.232. The van der Waals surface area contributed by atoms with Crippen molar-refractivity contribution in [3.63, 3.8) is 0 Å². The second-order valence-electron chi connectivity index (χ2n) is 3.78. The number of benzene rings is 1. The summed E-state index contributed by atoms with van der Waals surface area (Å²) in [5, 5.41) is 0. The van der Waals surface area contributed by atoms with Crippen molar-refractivity contribution in [3.8, 4) is 5.75 Å². The minimum absolute atomic E-state index is 0.232. The van der Waals surface area contributed by atoms with Gasteiger partial charge in [0.1, 0.15) is 5.75 Å². The molecule has 1 saturated heterocycles. The highest BCUT2D eigenvalue weighted by molar-refractivity contribution is 7.99. The molecule has 0 bridgehead atoms. The Labute approximate surface area is 99.8 Å². The highest BCUT2D eigenvalue weighted by Gasteiger charge is 2.18. The van der Waals surface area contributed by atoms with Gasteiger partial charge in [0, 0.05) is 24.6 Å². The van der Waals surface area contributed by atoms with Crippen molar-refractivity contribution in [2.24, 2.45) is 0 Å². The van der Waals surface area contributed by atoms with Crippen molar-refractivity contribution in [1.29, 1.82) is 0 Å². The molecule has 0 atom stereocenters. The van der Waals surface area contributed by atoms with E-state index in [1.807, 2.05) is 43.0 Å². The molecule has 0 aromatic heterocycles. The molecule has 16 heavy (non-hydrogen) atoms. The Kier molecular flexibility index (Phi) is 3.72. The maximum absolute atomic E-state index is 11.7. The lowest BCUT2D eigenvalue weighted by molar-refractivity contribution is 0.157. The number of thioether (sulfide) groups is 1. The van der Waals surface area contributed by atoms with Crippen molar-refractivity contribution < 1.29 is 9.53 Å². The van der Waals surface area contributed by atoms with Crippen LogP contribution in [0.1, 0.15) is 5.56 Å². The maximum Gasteiger partial charge on any atom is 0.415 e. The first-order chi connectivity index (χ1) is 7.75. The lowest BCUT2D eigenvalue weighted by atomic mass is 10.2. The average Bonchev–Trinajstić information content (AvgIpc) is 2.33. The highest BCUT2D eigenvalue weighted by atomic mass is 32.2. The summed E-state index contributed by atoms with van der Waals surface area (Å²) in [5.41, 5.74) is 1.16. The van der Waals surface area contributed by atoms with Crippen LogP contribution in [0.25, 0.3) is 0 Å². The number of nitrogens with zero attached hydrogens (tertiary/aromatic N) is 1. The third kappa shape index (κ3) is 2.92. The Morgan fingerprint density at radius 2 is 1.88 bits per heavy atom. The van der Waals surface area contributed by atoms with Gasteiger partial charge in [-0.25, -0.2) is 4.79 Å². The van der Waals surface area contributed by atoms with Crippen molar-refractivity contribution in [2.75, 3.05) is 24.6 Å². The fourth-order valence-corrected chi connectivity index (χ4v) is 2.42. The summed E-state index contributed by atoms with van der Waals surface area (Å²) in [4.78, 5) is 13.5. The Hall–Kier alpha value is -1.16. The topological polar surface area (TPSA) is 29.5 Å². The normalized spacial score (nSPS) is 15.9. The molecule has 3 nitrogen and oxygen atoms in total. The van der Waals surface area contributed by atoms with Gasteiger partial charge in [-0.3, -0.25) is 0 Å². The molecule has 1 aromatic rings. The largest absolute Gasteiger partial charge is 0.415 e. The van der Waals surface area contributed by atoms with Crippen LogP contribution in [0.3, 0.4) is 0 Å². The monoisotopic (exact) mass is 237 g/mol. The molecule has 1 aliphatic rings. The van der Waals surface area contributed by atoms with Crippen molar-refractivity contribution >= 4 is 17.9 Å². The van der Waals surface area contributed by atoms with Gasteiger partial charge in [0.25, 0.3) is 0 Å². The number of hydrogen-bond acceptors (Lipinski definition) is 3. The van der Waals surface area contributed by atoms with Gasteiger partial charge in [-0.1, -0.05) is 17.7 Å². The van der Waals surface area contributed by atoms with Crippen molar-refractivity contribution in [3.05, 3.63) is 29.8 Å². The number of ether oxygens (including phenoxy) is 1. The molecule has 0 unspecified atom stereocenters. The number of carbonyl (C=O) groups is 1. The number of aryl methyl sites for hydroxylation is 1. The fourth-order valence-electron chi connectivity index (χ4n) is 1.52. The van der Waals surface area contributed by atoms with E-state index in [4.69, 9.17) is 4.74 Å². The van der Waals surface area contributed by atoms with Crippen LogP contribution < -0.4 is 4.74 Å². The van der Waals surface area contributed by atoms with E-state index in [2.05, 4.69) is 0 Å². The second kappa shape index (κ2) is 5.25. The first kappa shape index (κ1) is 11.3. The first-order valence-electron chi connectivity index (χ1n) is 5.37. The van der Waals surface area contributed by atoms with Gasteiger partial charge in [0.2, 0.25) is 0 Å². The third-order valence-electron chi connectivity index (χ3n) is 2.50. The zero-order chi connectivity index (χ0) is 11.4. The van der Waals surface area contributed by atoms with Gasteiger partial charge < -0.3 is 9.64 Å². The molecule has 1 fully saturated rings. The van der Waals surface area contributed by atoms with E-state index in [0.717, 1.165) is 30.2 Å². The van der Waals surface area contributed by atoms with Gasteiger partial charge in [-0.2, -0.15) is 11.8 Å². The molecule has 1 aliphatic heterocycles. The number of carbonyl (C=O) groups excluding carboxylic acids is 1. The molecule has 0 spiro atoms. The standard InChI is InChI=1S/C12H15NO2S/c1-10-2-4-11(5-3-10)15-12(14)13-6-8-16-9-7-13/h2-5H,6-9H2,1H3. The highest BCUT2D eigenvalue weighted by Crippen LogP contribution is 2.15. The van der Waals surface area contributed by atoms with Gasteiger partial charge >= 0.3 is 6.09 Å². The van der Waals surface area contributed by atoms with Crippen LogP contribution in [-0.2, 0) is 0 Å². The van der Waals surface area contributed by atoms with E-state index < -0.39 is 0 Å². The zero-order valence-corrected chi connectivity index (χ0v) is 10.1. The summed E-state index contributed by atoms with van der Waals surface area (Å²) in [6.45, 7) is 3.58. The van der Waals surface area contributed by atoms with Crippen LogP contribution in [0.4, 0.5) is 4.79 Å². The lowest BCUT2D eigenvalue weighted by Crippen LogP contribution is -2.39. The predicted molar refractivity (Wildman–Crippen MR) is 66.1 cm³/mol. The quantitative estimate of drug-likeness (QED) is 0.751. The molecule has 1 amide bonds. The van der Waals surface area contributed by atoms with E-state index in [1.54, 1.807) is 4.90 Å². The van der Waals surface area contributed by atoms with Crippen LogP contribution in [0.2, 0.25) is 0 Å². The van der Waals surface area contributed by atoms with Gasteiger partial charge in [0.15, 0.2) is 0 Å². The molecule has 4 heteroatoms. The number of hydrogen-bond donors (Lipinski definition) is 0. The smallest absolute Gasteiger partial charge is 0.410 e. The molecule has 86 valence electrons. The molecular formula is C12H15NO2S. The summed E-state index contributed by atoms with van der Waals surface area (Å²) in [5.74, 6) is 2.63. The van der Waals surface area contributed by atoms with E-state index in [0.29, 0.717) is 5.75 Å². The number of amides is 1. The van der Waals surface area contributed by atoms with Gasteiger partial charge in [-0.05, 0) is 19.1 Å². The predicted octanol–water partition coefficient (Wildman–Crippen LogP) is 2.54. The molecule has 0 N–H and O–H groups in total. The minimum Gasteiger partial charge on any atom is -0.410 e. The average molecular weight is 237 g/mol. The van der Waals surface area contributed by atoms with E-state index in [1.165, 1.54) is 0 Å². The van der Waals surface area contributed by atoms with Crippen LogP contribution in [0.5, 0.6) is 5.75 Å². The molecule has 1 aromatic carbocycles. The van der Waals surface area contributed by atoms with E-state index in [-0.39, 0.29) is 6.09 Å². The Balaban J connectivity index is 1.93. The number of rotatable bonds is 1. The summed E-state index contributed by atoms with van der Waals surface area (Å²) >= 11 is 1.87. The van der Waals surface area contributed by atoms with Crippen LogP contribution >= 0.6 is 11.8 Å². The van der Waals surface area contributed by atoms with Gasteiger partial charge in [-0.15, -0.1) is 0 Å². The van der Waals surface area contributed by atoms with Crippen molar-refractivity contribution in [1.82, 2.24) is 4.90 Å². The molecule has 0 radical (unpaired) electrons. The van der Waals surface area contributed by atoms with Crippen LogP contribution in [0, 0.1) is 6.92 Å².